The van der Waals surface area contributed by atoms with E-state index >= 15 is 0 Å². The van der Waals surface area contributed by atoms with Gasteiger partial charge in [0.2, 0.25) is 0 Å². The zero-order valence-electron chi connectivity index (χ0n) is 21.9. The van der Waals surface area contributed by atoms with Gasteiger partial charge in [0, 0.05) is 17.3 Å². The Kier molecular flexibility index (Phi) is 8.58. The van der Waals surface area contributed by atoms with E-state index in [9.17, 15) is 13.4 Å². The number of furan rings is 1. The van der Waals surface area contributed by atoms with Crippen LogP contribution in [0, 0.1) is 5.82 Å². The Bertz CT molecular complexity index is 1460. The molecule has 0 aliphatic carbocycles. The number of halogens is 1. The number of hydrogen-bond donors (Lipinski definition) is 1. The summed E-state index contributed by atoms with van der Waals surface area (Å²) in [6.45, 7) is 8.21. The first-order valence-corrected chi connectivity index (χ1v) is 13.5. The average molecular weight is 539 g/mol. The number of nitrogens with zero attached hydrogens (tertiary/aromatic N) is 1. The Balaban J connectivity index is 1.60. The first kappa shape index (κ1) is 27.5. The van der Waals surface area contributed by atoms with Gasteiger partial charge in [0.25, 0.3) is 0 Å². The van der Waals surface area contributed by atoms with Crippen molar-refractivity contribution < 1.29 is 27.3 Å². The first-order valence-electron chi connectivity index (χ1n) is 12.3. The third-order valence-corrected chi connectivity index (χ3v) is 7.28. The molecule has 0 radical (unpaired) electrons. The number of benzene rings is 2. The molecule has 2 aromatic carbocycles. The van der Waals surface area contributed by atoms with Crippen molar-refractivity contribution in [2.45, 2.75) is 52.0 Å². The molecular weight excluding hydrogens is 507 g/mol. The minimum Gasteiger partial charge on any atom is -0.489 e. The van der Waals surface area contributed by atoms with Gasteiger partial charge < -0.3 is 13.9 Å². The molecular formula is C29H31FN2O5S. The molecule has 2 aromatic heterocycles. The molecule has 1 N–H and O–H groups in total. The number of pyridine rings is 1. The van der Waals surface area contributed by atoms with Crippen LogP contribution in [-0.2, 0) is 40.1 Å². The lowest BCUT2D eigenvalue weighted by Gasteiger charge is -2.18. The van der Waals surface area contributed by atoms with Gasteiger partial charge in [-0.1, -0.05) is 18.2 Å². The Morgan fingerprint density at radius 2 is 1.95 bits per heavy atom. The minimum atomic E-state index is -1.24. The highest BCUT2D eigenvalue weighted by molar-refractivity contribution is 7.84. The molecule has 1 atom stereocenters. The van der Waals surface area contributed by atoms with Gasteiger partial charge in [-0.3, -0.25) is 9.78 Å². The molecule has 0 fully saturated rings. The van der Waals surface area contributed by atoms with Crippen molar-refractivity contribution in [1.29, 1.82) is 0 Å². The summed E-state index contributed by atoms with van der Waals surface area (Å²) >= 11 is 0. The molecule has 0 spiro atoms. The van der Waals surface area contributed by atoms with E-state index in [4.69, 9.17) is 13.9 Å². The number of carbonyl (C=O) groups excluding carboxylic acids is 1. The van der Waals surface area contributed by atoms with Gasteiger partial charge in [0.15, 0.2) is 5.82 Å². The molecule has 0 aliphatic heterocycles. The van der Waals surface area contributed by atoms with E-state index in [0.717, 1.165) is 17.4 Å². The zero-order chi connectivity index (χ0) is 27.3. The summed E-state index contributed by atoms with van der Waals surface area (Å²) in [5, 5.41) is 0.339. The second-order valence-corrected chi connectivity index (χ2v) is 11.8. The highest BCUT2D eigenvalue weighted by Gasteiger charge is 2.20. The molecule has 9 heteroatoms. The van der Waals surface area contributed by atoms with Crippen LogP contribution in [-0.4, -0.2) is 26.5 Å². The number of fused-ring (bicyclic) bond motifs is 1. The first-order chi connectivity index (χ1) is 18.2. The Labute approximate surface area is 224 Å². The van der Waals surface area contributed by atoms with Gasteiger partial charge in [0.1, 0.15) is 24.2 Å². The van der Waals surface area contributed by atoms with Crippen LogP contribution < -0.4 is 9.46 Å². The lowest BCUT2D eigenvalue weighted by Crippen LogP contribution is -2.33. The van der Waals surface area contributed by atoms with Crippen molar-refractivity contribution in [3.63, 3.8) is 0 Å². The van der Waals surface area contributed by atoms with Crippen LogP contribution in [0.3, 0.4) is 0 Å². The van der Waals surface area contributed by atoms with Crippen molar-refractivity contribution in [1.82, 2.24) is 9.71 Å². The van der Waals surface area contributed by atoms with E-state index in [1.807, 2.05) is 57.2 Å². The van der Waals surface area contributed by atoms with Crippen molar-refractivity contribution in [2.24, 2.45) is 0 Å². The summed E-state index contributed by atoms with van der Waals surface area (Å²) in [6, 6.07) is 14.5. The number of aromatic nitrogens is 1. The van der Waals surface area contributed by atoms with Crippen LogP contribution in [0.4, 0.5) is 4.39 Å². The topological polar surface area (TPSA) is 90.7 Å². The number of para-hydroxylation sites is 1. The Morgan fingerprint density at radius 1 is 1.16 bits per heavy atom. The zero-order valence-corrected chi connectivity index (χ0v) is 22.7. The fraction of sp³-hybridized carbons (Fsp3) is 0.310. The minimum absolute atomic E-state index is 0.0957. The van der Waals surface area contributed by atoms with Gasteiger partial charge in [-0.05, 0) is 69.2 Å². The molecule has 0 aliphatic rings. The molecule has 4 rings (SSSR count). The predicted molar refractivity (Wildman–Crippen MR) is 145 cm³/mol. The smallest absolute Gasteiger partial charge is 0.310 e. The van der Waals surface area contributed by atoms with Gasteiger partial charge in [-0.15, -0.1) is 0 Å². The molecule has 7 nitrogen and oxygen atoms in total. The second kappa shape index (κ2) is 11.9. The van der Waals surface area contributed by atoms with Crippen molar-refractivity contribution >= 4 is 27.9 Å². The maximum Gasteiger partial charge on any atom is 0.310 e. The van der Waals surface area contributed by atoms with Crippen LogP contribution in [0.15, 0.2) is 65.4 Å². The van der Waals surface area contributed by atoms with Gasteiger partial charge in [-0.25, -0.2) is 13.3 Å². The van der Waals surface area contributed by atoms with Crippen molar-refractivity contribution in [2.75, 3.05) is 6.61 Å². The molecule has 0 saturated heterocycles. The number of ether oxygens (including phenoxy) is 2. The second-order valence-electron chi connectivity index (χ2n) is 9.72. The number of nitrogens with one attached hydrogen (secondary N) is 1. The Hall–Kier alpha value is -3.56. The molecule has 2 heterocycles. The largest absolute Gasteiger partial charge is 0.489 e. The predicted octanol–water partition coefficient (Wildman–Crippen LogP) is 5.87. The summed E-state index contributed by atoms with van der Waals surface area (Å²) in [5.41, 5.74) is 4.00. The highest BCUT2D eigenvalue weighted by atomic mass is 32.2. The average Bonchev–Trinajstić information content (AvgIpc) is 3.26. The summed E-state index contributed by atoms with van der Waals surface area (Å²) in [7, 11) is -1.24. The fourth-order valence-corrected chi connectivity index (χ4v) is 4.59. The molecule has 1 unspecified atom stereocenters. The molecule has 4 aromatic rings. The summed E-state index contributed by atoms with van der Waals surface area (Å²) < 4.78 is 46.3. The maximum absolute atomic E-state index is 14.6. The van der Waals surface area contributed by atoms with E-state index in [1.165, 1.54) is 0 Å². The summed E-state index contributed by atoms with van der Waals surface area (Å²) in [4.78, 5) is 16.4. The standard InChI is InChI=1S/C29H31FN2O5S/c1-5-35-27(33)15-21-8-6-7-9-26(21)36-17-19-12-23(28-24(13-19)25(30)18-37-28)20-10-11-31-22(14-20)16-32-38(34)29(2,3)4/h6-14,18,32H,5,15-17H2,1-4H3. The van der Waals surface area contributed by atoms with Crippen LogP contribution >= 0.6 is 0 Å². The number of esters is 1. The third kappa shape index (κ3) is 6.65. The summed E-state index contributed by atoms with van der Waals surface area (Å²) in [6.07, 6.45) is 2.84. The highest BCUT2D eigenvalue weighted by Crippen LogP contribution is 2.33. The number of rotatable bonds is 10. The van der Waals surface area contributed by atoms with Crippen LogP contribution in [0.2, 0.25) is 0 Å². The number of hydrogen-bond acceptors (Lipinski definition) is 6. The van der Waals surface area contributed by atoms with Crippen molar-refractivity contribution in [3.8, 4) is 16.9 Å². The normalized spacial score (nSPS) is 12.4. The Morgan fingerprint density at radius 3 is 2.71 bits per heavy atom. The van der Waals surface area contributed by atoms with Crippen molar-refractivity contribution in [3.05, 3.63) is 83.6 Å². The van der Waals surface area contributed by atoms with Gasteiger partial charge >= 0.3 is 5.97 Å². The molecule has 38 heavy (non-hydrogen) atoms. The third-order valence-electron chi connectivity index (χ3n) is 5.76. The molecule has 200 valence electrons. The fourth-order valence-electron chi connectivity index (χ4n) is 3.88. The van der Waals surface area contributed by atoms with E-state index in [1.54, 1.807) is 25.3 Å². The monoisotopic (exact) mass is 538 g/mol. The van der Waals surface area contributed by atoms with E-state index in [0.29, 0.717) is 46.7 Å². The van der Waals surface area contributed by atoms with E-state index in [2.05, 4.69) is 9.71 Å². The van der Waals surface area contributed by atoms with E-state index < -0.39 is 21.5 Å². The lowest BCUT2D eigenvalue weighted by molar-refractivity contribution is -0.142. The van der Waals surface area contributed by atoms with Gasteiger partial charge in [0.05, 0.1) is 46.4 Å². The lowest BCUT2D eigenvalue weighted by atomic mass is 10.0. The van der Waals surface area contributed by atoms with E-state index in [-0.39, 0.29) is 19.0 Å². The summed E-state index contributed by atoms with van der Waals surface area (Å²) in [5.74, 6) is -0.247. The van der Waals surface area contributed by atoms with Gasteiger partial charge in [-0.2, -0.15) is 0 Å². The van der Waals surface area contributed by atoms with Crippen LogP contribution in [0.25, 0.3) is 22.1 Å². The van der Waals surface area contributed by atoms with Crippen LogP contribution in [0.1, 0.15) is 44.5 Å². The molecule has 0 saturated carbocycles. The molecule has 0 amide bonds. The molecule has 0 bridgehead atoms. The maximum atomic E-state index is 14.6. The van der Waals surface area contributed by atoms with Crippen LogP contribution in [0.5, 0.6) is 5.75 Å². The number of carbonyl (C=O) groups is 1. The SMILES string of the molecule is CCOC(=O)Cc1ccccc1OCc1cc(-c2ccnc(CNS(=O)C(C)(C)C)c2)c2occ(F)c2c1. The quantitative estimate of drug-likeness (QED) is 0.254.